The fourth-order valence-electron chi connectivity index (χ4n) is 1.52. The molecular weight excluding hydrogens is 240 g/mol. The van der Waals surface area contributed by atoms with Crippen LogP contribution < -0.4 is 4.43 Å². The van der Waals surface area contributed by atoms with E-state index in [1.807, 2.05) is 24.3 Å². The largest absolute Gasteiger partial charge is 0.543 e. The molecule has 2 nitrogen and oxygen atoms in total. The summed E-state index contributed by atoms with van der Waals surface area (Å²) in [7, 11) is -1.77. The van der Waals surface area contributed by atoms with Gasteiger partial charge in [0.05, 0.1) is 6.10 Å². The molecule has 0 unspecified atom stereocenters. The van der Waals surface area contributed by atoms with Crippen molar-refractivity contribution in [3.63, 3.8) is 0 Å². The number of aliphatic hydroxyl groups excluding tert-OH is 1. The Hall–Kier alpha value is -0.803. The Labute approximate surface area is 112 Å². The molecule has 0 amide bonds. The molecule has 1 aromatic rings. The van der Waals surface area contributed by atoms with Gasteiger partial charge in [-0.2, -0.15) is 0 Å². The number of hydrogen-bond donors (Lipinski definition) is 1. The molecule has 0 spiro atoms. The first-order valence-corrected chi connectivity index (χ1v) is 9.49. The highest BCUT2D eigenvalue weighted by atomic mass is 28.4. The van der Waals surface area contributed by atoms with Gasteiger partial charge in [0.2, 0.25) is 8.32 Å². The van der Waals surface area contributed by atoms with Gasteiger partial charge >= 0.3 is 0 Å². The van der Waals surface area contributed by atoms with Crippen molar-refractivity contribution in [1.82, 2.24) is 0 Å². The van der Waals surface area contributed by atoms with E-state index < -0.39 is 8.32 Å². The molecule has 0 aliphatic heterocycles. The second kappa shape index (κ2) is 5.45. The van der Waals surface area contributed by atoms with Crippen molar-refractivity contribution in [2.45, 2.75) is 58.4 Å². The average Bonchev–Trinajstić information content (AvgIpc) is 2.14. The minimum absolute atomic E-state index is 0.202. The Bertz CT molecular complexity index is 392. The topological polar surface area (TPSA) is 29.5 Å². The summed E-state index contributed by atoms with van der Waals surface area (Å²) in [5.74, 6) is 0.930. The molecule has 1 N–H and O–H groups in total. The van der Waals surface area contributed by atoms with Gasteiger partial charge in [-0.05, 0) is 49.2 Å². The molecule has 0 aliphatic carbocycles. The van der Waals surface area contributed by atoms with Crippen molar-refractivity contribution in [1.29, 1.82) is 0 Å². The second-order valence-corrected chi connectivity index (χ2v) is 11.3. The maximum Gasteiger partial charge on any atom is 0.250 e. The molecule has 0 aromatic heterocycles. The van der Waals surface area contributed by atoms with Crippen molar-refractivity contribution < 1.29 is 9.53 Å². The lowest BCUT2D eigenvalue weighted by Crippen LogP contribution is -2.43. The summed E-state index contributed by atoms with van der Waals surface area (Å²) in [6, 6.07) is 8.09. The van der Waals surface area contributed by atoms with Crippen molar-refractivity contribution in [3.8, 4) is 5.75 Å². The van der Waals surface area contributed by atoms with Crippen molar-refractivity contribution >= 4 is 8.32 Å². The molecule has 0 radical (unpaired) electrons. The van der Waals surface area contributed by atoms with Gasteiger partial charge in [0.25, 0.3) is 0 Å². The number of aliphatic hydroxyl groups is 1. The van der Waals surface area contributed by atoms with E-state index in [2.05, 4.69) is 33.9 Å². The van der Waals surface area contributed by atoms with Gasteiger partial charge in [-0.1, -0.05) is 32.9 Å². The van der Waals surface area contributed by atoms with Gasteiger partial charge < -0.3 is 9.53 Å². The van der Waals surface area contributed by atoms with Gasteiger partial charge in [-0.25, -0.2) is 0 Å². The molecule has 0 heterocycles. The van der Waals surface area contributed by atoms with E-state index in [0.717, 1.165) is 11.3 Å². The van der Waals surface area contributed by atoms with Crippen LogP contribution in [0, 0.1) is 0 Å². The van der Waals surface area contributed by atoms with E-state index in [9.17, 15) is 5.11 Å². The van der Waals surface area contributed by atoms with Crippen LogP contribution in [0.15, 0.2) is 24.3 Å². The summed E-state index contributed by atoms with van der Waals surface area (Å²) < 4.78 is 6.25. The summed E-state index contributed by atoms with van der Waals surface area (Å²) in [5, 5.41) is 9.63. The van der Waals surface area contributed by atoms with E-state index in [0.29, 0.717) is 6.42 Å². The van der Waals surface area contributed by atoms with Gasteiger partial charge in [-0.15, -0.1) is 0 Å². The standard InChI is InChI=1S/C15H26O2Si/c1-12(16)10-13-8-7-9-14(11-13)17-18(5,6)15(2,3)4/h7-9,11-12,16H,10H2,1-6H3/t12-/m0/s1. The van der Waals surface area contributed by atoms with Crippen LogP contribution in [-0.4, -0.2) is 19.5 Å². The van der Waals surface area contributed by atoms with Crippen molar-refractivity contribution in [3.05, 3.63) is 29.8 Å². The summed E-state index contributed by atoms with van der Waals surface area (Å²) in [4.78, 5) is 0. The first-order chi connectivity index (χ1) is 8.12. The van der Waals surface area contributed by atoms with Crippen LogP contribution >= 0.6 is 0 Å². The van der Waals surface area contributed by atoms with Gasteiger partial charge in [-0.3, -0.25) is 0 Å². The van der Waals surface area contributed by atoms with E-state index in [1.165, 1.54) is 0 Å². The van der Waals surface area contributed by atoms with E-state index in [4.69, 9.17) is 4.43 Å². The highest BCUT2D eigenvalue weighted by molar-refractivity contribution is 6.74. The number of rotatable bonds is 4. The molecule has 1 atom stereocenters. The quantitative estimate of drug-likeness (QED) is 0.835. The zero-order valence-corrected chi connectivity index (χ0v) is 13.4. The van der Waals surface area contributed by atoms with Crippen LogP contribution in [0.1, 0.15) is 33.3 Å². The fourth-order valence-corrected chi connectivity index (χ4v) is 2.55. The lowest BCUT2D eigenvalue weighted by atomic mass is 10.1. The summed E-state index contributed by atoms with van der Waals surface area (Å²) in [6.07, 6.45) is 0.363. The lowest BCUT2D eigenvalue weighted by molar-refractivity contribution is 0.195. The molecule has 102 valence electrons. The number of hydrogen-bond acceptors (Lipinski definition) is 2. The minimum Gasteiger partial charge on any atom is -0.543 e. The lowest BCUT2D eigenvalue weighted by Gasteiger charge is -2.36. The molecule has 0 saturated heterocycles. The van der Waals surface area contributed by atoms with Crippen LogP contribution in [0.2, 0.25) is 18.1 Å². The summed E-state index contributed by atoms with van der Waals surface area (Å²) in [6.45, 7) is 13.0. The normalized spacial score (nSPS) is 14.4. The molecule has 1 aromatic carbocycles. The smallest absolute Gasteiger partial charge is 0.250 e. The minimum atomic E-state index is -1.77. The third-order valence-corrected chi connectivity index (χ3v) is 7.97. The third-order valence-electron chi connectivity index (χ3n) is 3.61. The van der Waals surface area contributed by atoms with Crippen LogP contribution in [0.5, 0.6) is 5.75 Å². The summed E-state index contributed by atoms with van der Waals surface area (Å²) >= 11 is 0. The van der Waals surface area contributed by atoms with Crippen LogP contribution in [-0.2, 0) is 6.42 Å². The van der Waals surface area contributed by atoms with Crippen molar-refractivity contribution in [2.24, 2.45) is 0 Å². The molecule has 0 saturated carbocycles. The van der Waals surface area contributed by atoms with Gasteiger partial charge in [0.15, 0.2) is 0 Å². The maximum absolute atomic E-state index is 9.43. The van der Waals surface area contributed by atoms with E-state index in [-0.39, 0.29) is 11.1 Å². The zero-order valence-electron chi connectivity index (χ0n) is 12.4. The Morgan fingerprint density at radius 3 is 2.39 bits per heavy atom. The Morgan fingerprint density at radius 1 is 1.28 bits per heavy atom. The Kier molecular flexibility index (Phi) is 4.62. The van der Waals surface area contributed by atoms with Crippen LogP contribution in [0.3, 0.4) is 0 Å². The first kappa shape index (κ1) is 15.3. The SMILES string of the molecule is C[C@H](O)Cc1cccc(O[Si](C)(C)C(C)(C)C)c1. The average molecular weight is 266 g/mol. The van der Waals surface area contributed by atoms with Crippen molar-refractivity contribution in [2.75, 3.05) is 0 Å². The predicted molar refractivity (Wildman–Crippen MR) is 79.7 cm³/mol. The molecule has 0 fully saturated rings. The Balaban J connectivity index is 2.85. The zero-order chi connectivity index (χ0) is 14.0. The predicted octanol–water partition coefficient (Wildman–Crippen LogP) is 3.99. The number of benzene rings is 1. The van der Waals surface area contributed by atoms with Gasteiger partial charge in [0.1, 0.15) is 5.75 Å². The molecule has 18 heavy (non-hydrogen) atoms. The fraction of sp³-hybridized carbons (Fsp3) is 0.600. The highest BCUT2D eigenvalue weighted by Gasteiger charge is 2.38. The van der Waals surface area contributed by atoms with E-state index in [1.54, 1.807) is 6.92 Å². The van der Waals surface area contributed by atoms with E-state index >= 15 is 0 Å². The maximum atomic E-state index is 9.43. The van der Waals surface area contributed by atoms with Gasteiger partial charge in [0, 0.05) is 0 Å². The first-order valence-electron chi connectivity index (χ1n) is 6.58. The van der Waals surface area contributed by atoms with Crippen LogP contribution in [0.25, 0.3) is 0 Å². The molecule has 0 aliphatic rings. The molecule has 3 heteroatoms. The van der Waals surface area contributed by atoms with Crippen LogP contribution in [0.4, 0.5) is 0 Å². The second-order valence-electron chi connectivity index (χ2n) is 6.56. The highest BCUT2D eigenvalue weighted by Crippen LogP contribution is 2.37. The summed E-state index contributed by atoms with van der Waals surface area (Å²) in [5.41, 5.74) is 1.13. The monoisotopic (exact) mass is 266 g/mol. The Morgan fingerprint density at radius 2 is 1.89 bits per heavy atom. The molecule has 1 rings (SSSR count). The molecule has 0 bridgehead atoms. The molecular formula is C15H26O2Si. The third kappa shape index (κ3) is 4.14.